The molecule has 116 valence electrons. The second-order valence-corrected chi connectivity index (χ2v) is 5.52. The van der Waals surface area contributed by atoms with Crippen molar-refractivity contribution in [1.82, 2.24) is 10.2 Å². The van der Waals surface area contributed by atoms with E-state index >= 15 is 0 Å². The maximum atomic E-state index is 11.9. The number of benzene rings is 1. The molecule has 1 atom stereocenters. The molecule has 21 heavy (non-hydrogen) atoms. The van der Waals surface area contributed by atoms with E-state index in [0.29, 0.717) is 12.6 Å². The Bertz CT molecular complexity index is 488. The van der Waals surface area contributed by atoms with Gasteiger partial charge in [0.25, 0.3) is 5.91 Å². The molecule has 0 aromatic heterocycles. The molecular formula is C17H26N2O2. The molecule has 1 aliphatic rings. The summed E-state index contributed by atoms with van der Waals surface area (Å²) in [6.07, 6.45) is 3.36. The van der Waals surface area contributed by atoms with Crippen LogP contribution in [0.2, 0.25) is 0 Å². The van der Waals surface area contributed by atoms with E-state index in [-0.39, 0.29) is 12.5 Å². The highest BCUT2D eigenvalue weighted by atomic mass is 16.5. The number of carbonyl (C=O) groups excluding carboxylic acids is 1. The van der Waals surface area contributed by atoms with Crippen molar-refractivity contribution < 1.29 is 9.53 Å². The average Bonchev–Trinajstić information content (AvgIpc) is 2.52. The van der Waals surface area contributed by atoms with Gasteiger partial charge in [0.15, 0.2) is 6.61 Å². The van der Waals surface area contributed by atoms with Crippen molar-refractivity contribution >= 4 is 5.91 Å². The van der Waals surface area contributed by atoms with Crippen LogP contribution in [-0.2, 0) is 11.2 Å². The Morgan fingerprint density at radius 1 is 1.43 bits per heavy atom. The Kier molecular flexibility index (Phi) is 5.62. The van der Waals surface area contributed by atoms with Crippen molar-refractivity contribution in [2.75, 3.05) is 26.7 Å². The number of likely N-dealkylation sites (N-methyl/N-ethyl adjacent to an activating group) is 1. The molecule has 4 nitrogen and oxygen atoms in total. The first-order valence-corrected chi connectivity index (χ1v) is 7.89. The number of carbonyl (C=O) groups is 1. The number of hydrogen-bond donors (Lipinski definition) is 1. The molecule has 0 heterocycles. The van der Waals surface area contributed by atoms with Gasteiger partial charge in [-0.25, -0.2) is 0 Å². The third kappa shape index (κ3) is 3.76. The van der Waals surface area contributed by atoms with Gasteiger partial charge in [0, 0.05) is 19.6 Å². The summed E-state index contributed by atoms with van der Waals surface area (Å²) in [5.74, 6) is 0.891. The van der Waals surface area contributed by atoms with Crippen LogP contribution in [0.15, 0.2) is 18.2 Å². The van der Waals surface area contributed by atoms with Gasteiger partial charge in [-0.2, -0.15) is 0 Å². The fourth-order valence-electron chi connectivity index (χ4n) is 2.83. The number of nitrogens with one attached hydrogen (secondary N) is 1. The maximum Gasteiger partial charge on any atom is 0.260 e. The number of amides is 1. The molecule has 4 heteroatoms. The normalized spacial score (nSPS) is 17.2. The number of ether oxygens (including phenoxy) is 1. The highest BCUT2D eigenvalue weighted by Crippen LogP contribution is 2.35. The van der Waals surface area contributed by atoms with Crippen molar-refractivity contribution in [2.45, 2.75) is 39.2 Å². The molecule has 1 aromatic carbocycles. The zero-order valence-electron chi connectivity index (χ0n) is 13.3. The molecule has 0 saturated heterocycles. The van der Waals surface area contributed by atoms with Crippen LogP contribution in [0, 0.1) is 0 Å². The minimum Gasteiger partial charge on any atom is -0.483 e. The van der Waals surface area contributed by atoms with Crippen LogP contribution in [0.25, 0.3) is 0 Å². The minimum absolute atomic E-state index is 0.0224. The summed E-state index contributed by atoms with van der Waals surface area (Å²) in [5, 5.41) is 3.53. The van der Waals surface area contributed by atoms with Crippen molar-refractivity contribution in [3.63, 3.8) is 0 Å². The lowest BCUT2D eigenvalue weighted by atomic mass is 9.87. The van der Waals surface area contributed by atoms with Gasteiger partial charge in [-0.05, 0) is 49.9 Å². The fourth-order valence-corrected chi connectivity index (χ4v) is 2.83. The SMILES string of the molecule is CCNC1CCCc2c(OCC(=O)N(C)CC)cccc21. The van der Waals surface area contributed by atoms with Crippen LogP contribution in [0.5, 0.6) is 5.75 Å². The van der Waals surface area contributed by atoms with E-state index in [1.165, 1.54) is 17.5 Å². The lowest BCUT2D eigenvalue weighted by molar-refractivity contribution is -0.131. The van der Waals surface area contributed by atoms with E-state index in [0.717, 1.165) is 25.1 Å². The molecular weight excluding hydrogens is 264 g/mol. The van der Waals surface area contributed by atoms with Crippen LogP contribution in [-0.4, -0.2) is 37.6 Å². The monoisotopic (exact) mass is 290 g/mol. The molecule has 1 N–H and O–H groups in total. The summed E-state index contributed by atoms with van der Waals surface area (Å²) in [4.78, 5) is 13.5. The zero-order valence-corrected chi connectivity index (χ0v) is 13.3. The van der Waals surface area contributed by atoms with E-state index in [1.54, 1.807) is 11.9 Å². The van der Waals surface area contributed by atoms with Crippen molar-refractivity contribution in [3.05, 3.63) is 29.3 Å². The molecule has 0 saturated carbocycles. The van der Waals surface area contributed by atoms with Gasteiger partial charge in [0.1, 0.15) is 5.75 Å². The van der Waals surface area contributed by atoms with Gasteiger partial charge in [-0.3, -0.25) is 4.79 Å². The lowest BCUT2D eigenvalue weighted by Gasteiger charge is -2.27. The van der Waals surface area contributed by atoms with Gasteiger partial charge in [0.2, 0.25) is 0 Å². The van der Waals surface area contributed by atoms with Crippen LogP contribution >= 0.6 is 0 Å². The van der Waals surface area contributed by atoms with Crippen LogP contribution < -0.4 is 10.1 Å². The molecule has 1 aromatic rings. The summed E-state index contributed by atoms with van der Waals surface area (Å²) in [6.45, 7) is 5.89. The molecule has 0 spiro atoms. The van der Waals surface area contributed by atoms with Gasteiger partial charge in [0.05, 0.1) is 0 Å². The number of nitrogens with zero attached hydrogens (tertiary/aromatic N) is 1. The summed E-state index contributed by atoms with van der Waals surface area (Å²) in [6, 6.07) is 6.59. The Labute approximate surface area is 127 Å². The maximum absolute atomic E-state index is 11.9. The molecule has 1 aliphatic carbocycles. The first kappa shape index (κ1) is 15.8. The highest BCUT2D eigenvalue weighted by Gasteiger charge is 2.22. The van der Waals surface area contributed by atoms with Gasteiger partial charge in [-0.1, -0.05) is 19.1 Å². The molecule has 0 aliphatic heterocycles. The molecule has 0 fully saturated rings. The van der Waals surface area contributed by atoms with E-state index in [9.17, 15) is 4.79 Å². The smallest absolute Gasteiger partial charge is 0.260 e. The van der Waals surface area contributed by atoms with E-state index in [4.69, 9.17) is 4.74 Å². The molecule has 1 amide bonds. The van der Waals surface area contributed by atoms with Gasteiger partial charge in [-0.15, -0.1) is 0 Å². The summed E-state index contributed by atoms with van der Waals surface area (Å²) >= 11 is 0. The molecule has 1 unspecified atom stereocenters. The second-order valence-electron chi connectivity index (χ2n) is 5.52. The Hall–Kier alpha value is -1.55. The minimum atomic E-state index is 0.0224. The van der Waals surface area contributed by atoms with E-state index in [2.05, 4.69) is 18.3 Å². The molecule has 0 radical (unpaired) electrons. The Morgan fingerprint density at radius 3 is 2.95 bits per heavy atom. The van der Waals surface area contributed by atoms with Crippen LogP contribution in [0.1, 0.15) is 43.9 Å². The number of fused-ring (bicyclic) bond motifs is 1. The first-order chi connectivity index (χ1) is 10.2. The predicted octanol–water partition coefficient (Wildman–Crippen LogP) is 2.53. The number of rotatable bonds is 6. The van der Waals surface area contributed by atoms with Gasteiger partial charge < -0.3 is 15.0 Å². The van der Waals surface area contributed by atoms with E-state index in [1.807, 2.05) is 19.1 Å². The topological polar surface area (TPSA) is 41.6 Å². The molecule has 0 bridgehead atoms. The predicted molar refractivity (Wildman–Crippen MR) is 84.6 cm³/mol. The third-order valence-electron chi connectivity index (χ3n) is 4.17. The zero-order chi connectivity index (χ0) is 15.2. The number of hydrogen-bond acceptors (Lipinski definition) is 3. The third-order valence-corrected chi connectivity index (χ3v) is 4.17. The lowest BCUT2D eigenvalue weighted by Crippen LogP contribution is -2.31. The Morgan fingerprint density at radius 2 is 2.24 bits per heavy atom. The fraction of sp³-hybridized carbons (Fsp3) is 0.588. The largest absolute Gasteiger partial charge is 0.483 e. The van der Waals surface area contributed by atoms with E-state index < -0.39 is 0 Å². The van der Waals surface area contributed by atoms with Crippen molar-refractivity contribution in [2.24, 2.45) is 0 Å². The second kappa shape index (κ2) is 7.46. The standard InChI is InChI=1S/C17H26N2O2/c1-4-18-15-10-6-9-14-13(15)8-7-11-16(14)21-12-17(20)19(3)5-2/h7-8,11,15,18H,4-6,9-10,12H2,1-3H3. The Balaban J connectivity index is 2.11. The summed E-state index contributed by atoms with van der Waals surface area (Å²) in [5.41, 5.74) is 2.60. The average molecular weight is 290 g/mol. The highest BCUT2D eigenvalue weighted by molar-refractivity contribution is 5.77. The van der Waals surface area contributed by atoms with Crippen LogP contribution in [0.4, 0.5) is 0 Å². The first-order valence-electron chi connectivity index (χ1n) is 7.89. The van der Waals surface area contributed by atoms with Crippen molar-refractivity contribution in [3.8, 4) is 5.75 Å². The van der Waals surface area contributed by atoms with Crippen molar-refractivity contribution in [1.29, 1.82) is 0 Å². The summed E-state index contributed by atoms with van der Waals surface area (Å²) in [7, 11) is 1.80. The summed E-state index contributed by atoms with van der Waals surface area (Å²) < 4.78 is 5.80. The quantitative estimate of drug-likeness (QED) is 0.875. The van der Waals surface area contributed by atoms with Crippen LogP contribution in [0.3, 0.4) is 0 Å². The van der Waals surface area contributed by atoms with Gasteiger partial charge >= 0.3 is 0 Å². The molecule has 2 rings (SSSR count).